The van der Waals surface area contributed by atoms with Gasteiger partial charge in [-0.05, 0) is 12.1 Å². The molecule has 1 aromatic rings. The van der Waals surface area contributed by atoms with Crippen molar-refractivity contribution in [3.63, 3.8) is 0 Å². The van der Waals surface area contributed by atoms with Crippen LogP contribution in [0.2, 0.25) is 0 Å². The quantitative estimate of drug-likeness (QED) is 0.695. The van der Waals surface area contributed by atoms with E-state index in [1.54, 1.807) is 0 Å². The highest BCUT2D eigenvalue weighted by Crippen LogP contribution is 2.13. The van der Waals surface area contributed by atoms with E-state index in [1.807, 2.05) is 0 Å². The van der Waals surface area contributed by atoms with Gasteiger partial charge < -0.3 is 15.4 Å². The first kappa shape index (κ1) is 3.13. The summed E-state index contributed by atoms with van der Waals surface area (Å²) < 4.78 is 65.9. The monoisotopic (exact) mass is 187 g/mol. The summed E-state index contributed by atoms with van der Waals surface area (Å²) in [5.41, 5.74) is 5.71. The van der Waals surface area contributed by atoms with Gasteiger partial charge in [0.1, 0.15) is 5.82 Å². The Kier molecular flexibility index (Phi) is 0.871. The summed E-state index contributed by atoms with van der Waals surface area (Å²) in [4.78, 5) is 4.05. The molecular formula is C9H13N3O. The fourth-order valence-electron chi connectivity index (χ4n) is 0.835. The maximum absolute atomic E-state index is 7.82. The molecule has 70 valence electrons. The highest BCUT2D eigenvalue weighted by molar-refractivity contribution is 5.45. The molecule has 4 heteroatoms. The van der Waals surface area contributed by atoms with Crippen LogP contribution < -0.4 is 10.6 Å². The first-order chi connectivity index (χ1) is 9.33. The third kappa shape index (κ3) is 1.89. The second-order valence-electron chi connectivity index (χ2n) is 2.31. The van der Waals surface area contributed by atoms with Gasteiger partial charge in [0, 0.05) is 13.0 Å². The van der Waals surface area contributed by atoms with Gasteiger partial charge in [0.15, 0.2) is 0 Å². The van der Waals surface area contributed by atoms with Crippen molar-refractivity contribution in [2.24, 2.45) is 0 Å². The van der Waals surface area contributed by atoms with E-state index in [0.29, 0.717) is 4.90 Å². The van der Waals surface area contributed by atoms with Crippen LogP contribution in [0, 0.1) is 0 Å². The van der Waals surface area contributed by atoms with Crippen molar-refractivity contribution in [2.75, 3.05) is 36.7 Å². The number of pyridine rings is 1. The van der Waals surface area contributed by atoms with Gasteiger partial charge >= 0.3 is 0 Å². The minimum atomic E-state index is -3.09. The molecule has 2 rings (SSSR count). The number of nitrogens with two attached hydrogens (primary N) is 1. The van der Waals surface area contributed by atoms with E-state index in [1.165, 1.54) is 12.1 Å². The fourth-order valence-corrected chi connectivity index (χ4v) is 0.835. The predicted octanol–water partition coefficient (Wildman–Crippen LogP) is 0.500. The molecule has 13 heavy (non-hydrogen) atoms. The molecule has 0 saturated carbocycles. The first-order valence-corrected chi connectivity index (χ1v) is 3.55. The second kappa shape index (κ2) is 3.62. The number of morpholine rings is 1. The van der Waals surface area contributed by atoms with Crippen molar-refractivity contribution in [1.82, 2.24) is 4.98 Å². The smallest absolute Gasteiger partial charge is 0.128 e. The summed E-state index contributed by atoms with van der Waals surface area (Å²) in [6.45, 7) is -12.2. The van der Waals surface area contributed by atoms with Gasteiger partial charge in [0.25, 0.3) is 0 Å². The lowest BCUT2D eigenvalue weighted by Gasteiger charge is -2.27. The maximum Gasteiger partial charge on any atom is 0.128 e. The Bertz CT molecular complexity index is 520. The van der Waals surface area contributed by atoms with Crippen molar-refractivity contribution in [3.05, 3.63) is 18.3 Å². The van der Waals surface area contributed by atoms with Gasteiger partial charge in [0.2, 0.25) is 0 Å². The van der Waals surface area contributed by atoms with Gasteiger partial charge in [0.05, 0.1) is 36.0 Å². The molecule has 2 N–H and O–H groups in total. The van der Waals surface area contributed by atoms with Crippen molar-refractivity contribution < 1.29 is 15.7 Å². The molecule has 0 amide bonds. The second-order valence-corrected chi connectivity index (χ2v) is 2.31. The van der Waals surface area contributed by atoms with Gasteiger partial charge in [-0.15, -0.1) is 0 Å². The molecule has 0 atom stereocenters. The molecule has 0 unspecified atom stereocenters. The normalized spacial score (nSPS) is 42.0. The molecule has 0 bridgehead atoms. The van der Waals surface area contributed by atoms with Crippen LogP contribution in [-0.2, 0) is 4.74 Å². The molecular weight excluding hydrogens is 166 g/mol. The lowest BCUT2D eigenvalue weighted by molar-refractivity contribution is 0.122. The van der Waals surface area contributed by atoms with Crippen molar-refractivity contribution in [3.8, 4) is 0 Å². The van der Waals surface area contributed by atoms with Crippen LogP contribution in [0.4, 0.5) is 11.5 Å². The number of rotatable bonds is 1. The van der Waals surface area contributed by atoms with Crippen molar-refractivity contribution in [1.29, 1.82) is 0 Å². The summed E-state index contributed by atoms with van der Waals surface area (Å²) in [5, 5.41) is 0. The number of ether oxygens (including phenoxy) is 1. The number of anilines is 2. The Morgan fingerprint density at radius 3 is 2.85 bits per heavy atom. The van der Waals surface area contributed by atoms with Crippen LogP contribution in [-0.4, -0.2) is 31.1 Å². The third-order valence-electron chi connectivity index (χ3n) is 1.42. The van der Waals surface area contributed by atoms with E-state index < -0.39 is 26.1 Å². The van der Waals surface area contributed by atoms with Crippen molar-refractivity contribution in [2.45, 2.75) is 0 Å². The summed E-state index contributed by atoms with van der Waals surface area (Å²) in [7, 11) is 0. The van der Waals surface area contributed by atoms with Crippen molar-refractivity contribution >= 4 is 11.5 Å². The Morgan fingerprint density at radius 1 is 1.46 bits per heavy atom. The van der Waals surface area contributed by atoms with E-state index in [9.17, 15) is 0 Å². The number of nitrogen functional groups attached to an aromatic ring is 1. The molecule has 0 aliphatic carbocycles. The topological polar surface area (TPSA) is 51.4 Å². The van der Waals surface area contributed by atoms with E-state index in [0.717, 1.165) is 6.20 Å². The van der Waals surface area contributed by atoms with Crippen LogP contribution in [0.5, 0.6) is 0 Å². The molecule has 0 aromatic carbocycles. The molecule has 1 aliphatic rings. The predicted molar refractivity (Wildman–Crippen MR) is 51.7 cm³/mol. The summed E-state index contributed by atoms with van der Waals surface area (Å²) in [6.07, 6.45) is 1.14. The molecule has 1 saturated heterocycles. The van der Waals surface area contributed by atoms with E-state index in [4.69, 9.17) is 16.7 Å². The van der Waals surface area contributed by atoms with Crippen LogP contribution >= 0.6 is 0 Å². The molecule has 0 radical (unpaired) electrons. The lowest BCUT2D eigenvalue weighted by Crippen LogP contribution is -2.36. The molecule has 1 fully saturated rings. The van der Waals surface area contributed by atoms with Crippen LogP contribution in [0.3, 0.4) is 0 Å². The Balaban J connectivity index is 2.64. The van der Waals surface area contributed by atoms with E-state index in [2.05, 4.69) is 9.72 Å². The largest absolute Gasteiger partial charge is 0.397 e. The van der Waals surface area contributed by atoms with Crippen LogP contribution in [0.15, 0.2) is 18.3 Å². The molecule has 4 nitrogen and oxygen atoms in total. The zero-order valence-electron chi connectivity index (χ0n) is 14.6. The van der Waals surface area contributed by atoms with E-state index in [-0.39, 0.29) is 11.5 Å². The first-order valence-electron chi connectivity index (χ1n) is 7.55. The maximum atomic E-state index is 7.82. The third-order valence-corrected chi connectivity index (χ3v) is 1.42. The number of hydrogen-bond acceptors (Lipinski definition) is 4. The highest BCUT2D eigenvalue weighted by atomic mass is 16.5. The zero-order chi connectivity index (χ0) is 16.3. The van der Waals surface area contributed by atoms with Gasteiger partial charge in [-0.2, -0.15) is 0 Å². The Labute approximate surface area is 88.6 Å². The van der Waals surface area contributed by atoms with Crippen LogP contribution in [0.25, 0.3) is 0 Å². The van der Waals surface area contributed by atoms with Gasteiger partial charge in [-0.3, -0.25) is 0 Å². The SMILES string of the molecule is [2H]C1([2H])OC([2H])([2H])C([2H])([2H])N(c2ccc(N)cn2)C1([2H])[2H]. The average molecular weight is 187 g/mol. The standard InChI is InChI=1S/C9H13N3O/c10-8-1-2-9(11-7-8)12-3-5-13-6-4-12/h1-2,7H,3-6,10H2/i3D2,4D2,5D2,6D2. The number of hydrogen-bond donors (Lipinski definition) is 1. The number of nitrogens with zero attached hydrogens (tertiary/aromatic N) is 2. The number of aromatic nitrogens is 1. The molecule has 0 spiro atoms. The average Bonchev–Trinajstić information content (AvgIpc) is 2.28. The summed E-state index contributed by atoms with van der Waals surface area (Å²) >= 11 is 0. The minimum absolute atomic E-state index is 0.249. The van der Waals surface area contributed by atoms with Gasteiger partial charge in [-0.1, -0.05) is 0 Å². The van der Waals surface area contributed by atoms with Gasteiger partial charge in [-0.25, -0.2) is 4.98 Å². The fraction of sp³-hybridized carbons (Fsp3) is 0.444. The molecule has 1 aromatic heterocycles. The minimum Gasteiger partial charge on any atom is -0.397 e. The van der Waals surface area contributed by atoms with E-state index >= 15 is 0 Å². The zero-order valence-corrected chi connectivity index (χ0v) is 6.61. The Hall–Kier alpha value is -1.29. The summed E-state index contributed by atoms with van der Waals surface area (Å²) in [6, 6.07) is 2.51. The van der Waals surface area contributed by atoms with Crippen LogP contribution in [0.1, 0.15) is 11.0 Å². The molecule has 1 aliphatic heterocycles. The molecule has 2 heterocycles. The lowest BCUT2D eigenvalue weighted by atomic mass is 10.3. The summed E-state index contributed by atoms with van der Waals surface area (Å²) in [5.74, 6) is -0.296. The highest BCUT2D eigenvalue weighted by Gasteiger charge is 2.11. The Morgan fingerprint density at radius 2 is 2.23 bits per heavy atom.